The van der Waals surface area contributed by atoms with Gasteiger partial charge in [-0.05, 0) is 78.4 Å². The van der Waals surface area contributed by atoms with Crippen molar-refractivity contribution in [3.63, 3.8) is 0 Å². The number of benzene rings is 2. The molecule has 5 rings (SSSR count). The lowest BCUT2D eigenvalue weighted by molar-refractivity contribution is 0.161. The number of aryl methyl sites for hydroxylation is 3. The highest BCUT2D eigenvalue weighted by Gasteiger charge is 2.26. The molecule has 0 saturated carbocycles. The number of furan rings is 1. The molecule has 5 aromatic rings. The molecule has 0 aliphatic heterocycles. The lowest BCUT2D eigenvalue weighted by atomic mass is 10.0. The molecule has 0 fully saturated rings. The third kappa shape index (κ3) is 5.39. The molecule has 0 aliphatic carbocycles. The number of nitrogens with one attached hydrogen (secondary N) is 1. The summed E-state index contributed by atoms with van der Waals surface area (Å²) in [5, 5.41) is 13.7. The monoisotopic (exact) mass is 496 g/mol. The van der Waals surface area contributed by atoms with Crippen LogP contribution in [0.5, 0.6) is 0 Å². The predicted molar refractivity (Wildman–Crippen MR) is 143 cm³/mol. The fraction of sp³-hybridized carbons (Fsp3) is 0.310. The predicted octanol–water partition coefficient (Wildman–Crippen LogP) is 5.23. The average Bonchev–Trinajstić information content (AvgIpc) is 3.55. The molecule has 0 amide bonds. The smallest absolute Gasteiger partial charge is 0.252 e. The van der Waals surface area contributed by atoms with E-state index in [0.29, 0.717) is 25.2 Å². The highest BCUT2D eigenvalue weighted by Crippen LogP contribution is 2.27. The van der Waals surface area contributed by atoms with Crippen LogP contribution in [0.1, 0.15) is 58.8 Å². The van der Waals surface area contributed by atoms with Gasteiger partial charge < -0.3 is 9.40 Å². The van der Waals surface area contributed by atoms with Gasteiger partial charge >= 0.3 is 0 Å². The van der Waals surface area contributed by atoms with Crippen molar-refractivity contribution >= 4 is 10.9 Å². The van der Waals surface area contributed by atoms with Gasteiger partial charge in [-0.2, -0.15) is 0 Å². The molecule has 1 N–H and O–H groups in total. The van der Waals surface area contributed by atoms with Gasteiger partial charge in [0.05, 0.1) is 17.8 Å². The molecule has 37 heavy (non-hydrogen) atoms. The standard InChI is InChI=1S/C29H32N6O2/c1-5-26(28-31-32-33-35(28)18-25-7-6-12-37-25)34(16-22-10-8-19(2)9-11-22)17-24-15-23-14-20(3)13-21(4)27(23)30-29(24)36/h6-15,26H,5,16-18H2,1-4H3,(H,30,36)/t26-/m1/s1. The normalized spacial score (nSPS) is 12.5. The van der Waals surface area contributed by atoms with Gasteiger partial charge in [0.25, 0.3) is 5.56 Å². The Labute approximate surface area is 215 Å². The minimum atomic E-state index is -0.111. The molecule has 0 spiro atoms. The highest BCUT2D eigenvalue weighted by molar-refractivity contribution is 5.82. The largest absolute Gasteiger partial charge is 0.467 e. The first-order valence-corrected chi connectivity index (χ1v) is 12.6. The molecule has 2 aromatic carbocycles. The first-order valence-electron chi connectivity index (χ1n) is 12.6. The Kier molecular flexibility index (Phi) is 7.01. The number of tetrazole rings is 1. The Morgan fingerprint density at radius 1 is 1.03 bits per heavy atom. The Hall–Kier alpha value is -4.04. The second-order valence-corrected chi connectivity index (χ2v) is 9.76. The van der Waals surface area contributed by atoms with Gasteiger partial charge in [-0.3, -0.25) is 9.69 Å². The zero-order valence-electron chi connectivity index (χ0n) is 21.7. The Bertz CT molecular complexity index is 1550. The summed E-state index contributed by atoms with van der Waals surface area (Å²) in [6, 6.07) is 18.4. The van der Waals surface area contributed by atoms with E-state index in [4.69, 9.17) is 4.42 Å². The first-order chi connectivity index (χ1) is 17.9. The van der Waals surface area contributed by atoms with E-state index in [1.807, 2.05) is 25.1 Å². The summed E-state index contributed by atoms with van der Waals surface area (Å²) in [6.45, 7) is 9.86. The van der Waals surface area contributed by atoms with Crippen molar-refractivity contribution in [2.24, 2.45) is 0 Å². The molecular weight excluding hydrogens is 464 g/mol. The molecule has 190 valence electrons. The van der Waals surface area contributed by atoms with Crippen LogP contribution in [0, 0.1) is 20.8 Å². The molecular formula is C29H32N6O2. The number of pyridine rings is 1. The molecule has 8 nitrogen and oxygen atoms in total. The number of fused-ring (bicyclic) bond motifs is 1. The second kappa shape index (κ2) is 10.5. The van der Waals surface area contributed by atoms with Crippen LogP contribution in [-0.4, -0.2) is 30.1 Å². The van der Waals surface area contributed by atoms with Gasteiger partial charge in [0.15, 0.2) is 5.82 Å². The van der Waals surface area contributed by atoms with Crippen LogP contribution in [-0.2, 0) is 19.6 Å². The van der Waals surface area contributed by atoms with Crippen LogP contribution in [0.2, 0.25) is 0 Å². The van der Waals surface area contributed by atoms with Gasteiger partial charge in [0.1, 0.15) is 12.3 Å². The molecule has 0 bridgehead atoms. The zero-order chi connectivity index (χ0) is 25.9. The lowest BCUT2D eigenvalue weighted by Crippen LogP contribution is -2.32. The topological polar surface area (TPSA) is 92.8 Å². The number of hydrogen-bond acceptors (Lipinski definition) is 6. The van der Waals surface area contributed by atoms with E-state index in [-0.39, 0.29) is 11.6 Å². The van der Waals surface area contributed by atoms with Crippen molar-refractivity contribution in [1.82, 2.24) is 30.1 Å². The van der Waals surface area contributed by atoms with E-state index < -0.39 is 0 Å². The van der Waals surface area contributed by atoms with Gasteiger partial charge in [-0.25, -0.2) is 4.68 Å². The fourth-order valence-electron chi connectivity index (χ4n) is 4.99. The lowest BCUT2D eigenvalue weighted by Gasteiger charge is -2.30. The minimum Gasteiger partial charge on any atom is -0.467 e. The number of aromatic amines is 1. The second-order valence-electron chi connectivity index (χ2n) is 9.76. The molecule has 1 atom stereocenters. The van der Waals surface area contributed by atoms with E-state index in [0.717, 1.165) is 40.0 Å². The van der Waals surface area contributed by atoms with E-state index >= 15 is 0 Å². The number of hydrogen-bond donors (Lipinski definition) is 1. The summed E-state index contributed by atoms with van der Waals surface area (Å²) in [5.41, 5.74) is 6.14. The van der Waals surface area contributed by atoms with Crippen LogP contribution in [0.4, 0.5) is 0 Å². The minimum absolute atomic E-state index is 0.0709. The van der Waals surface area contributed by atoms with E-state index in [9.17, 15) is 4.79 Å². The summed E-state index contributed by atoms with van der Waals surface area (Å²) in [5.74, 6) is 1.53. The van der Waals surface area contributed by atoms with Gasteiger partial charge in [-0.15, -0.1) is 5.10 Å². The Balaban J connectivity index is 1.54. The summed E-state index contributed by atoms with van der Waals surface area (Å²) >= 11 is 0. The maximum absolute atomic E-state index is 13.2. The molecule has 3 aromatic heterocycles. The van der Waals surface area contributed by atoms with Gasteiger partial charge in [-0.1, -0.05) is 48.4 Å². The van der Waals surface area contributed by atoms with Crippen LogP contribution >= 0.6 is 0 Å². The van der Waals surface area contributed by atoms with Gasteiger partial charge in [0, 0.05) is 18.7 Å². The van der Waals surface area contributed by atoms with Crippen molar-refractivity contribution in [3.8, 4) is 0 Å². The van der Waals surface area contributed by atoms with Crippen molar-refractivity contribution in [1.29, 1.82) is 0 Å². The molecule has 0 unspecified atom stereocenters. The maximum Gasteiger partial charge on any atom is 0.252 e. The number of aromatic nitrogens is 5. The SMILES string of the molecule is CC[C@H](c1nnnn1Cc1ccco1)N(Cc1ccc(C)cc1)Cc1cc2cc(C)cc(C)c2[nH]c1=O. The van der Waals surface area contributed by atoms with E-state index in [2.05, 4.69) is 82.6 Å². The van der Waals surface area contributed by atoms with Crippen molar-refractivity contribution < 1.29 is 4.42 Å². The van der Waals surface area contributed by atoms with E-state index in [1.54, 1.807) is 10.9 Å². The van der Waals surface area contributed by atoms with E-state index in [1.165, 1.54) is 11.1 Å². The zero-order valence-corrected chi connectivity index (χ0v) is 21.7. The maximum atomic E-state index is 13.2. The number of rotatable bonds is 9. The number of H-pyrrole nitrogens is 1. The Morgan fingerprint density at radius 2 is 1.84 bits per heavy atom. The molecule has 0 saturated heterocycles. The number of nitrogens with zero attached hydrogens (tertiary/aromatic N) is 5. The summed E-state index contributed by atoms with van der Waals surface area (Å²) in [6.07, 6.45) is 2.42. The van der Waals surface area contributed by atoms with Crippen LogP contribution < -0.4 is 5.56 Å². The third-order valence-corrected chi connectivity index (χ3v) is 6.82. The molecule has 0 radical (unpaired) electrons. The van der Waals surface area contributed by atoms with Crippen LogP contribution in [0.3, 0.4) is 0 Å². The highest BCUT2D eigenvalue weighted by atomic mass is 16.3. The summed E-state index contributed by atoms with van der Waals surface area (Å²) in [7, 11) is 0. The molecule has 3 heterocycles. The third-order valence-electron chi connectivity index (χ3n) is 6.82. The average molecular weight is 497 g/mol. The summed E-state index contributed by atoms with van der Waals surface area (Å²) < 4.78 is 7.32. The van der Waals surface area contributed by atoms with Crippen LogP contribution in [0.15, 0.2) is 70.1 Å². The first kappa shape index (κ1) is 24.6. The van der Waals surface area contributed by atoms with Crippen LogP contribution in [0.25, 0.3) is 10.9 Å². The Morgan fingerprint density at radius 3 is 2.57 bits per heavy atom. The molecule has 0 aliphatic rings. The van der Waals surface area contributed by atoms with Crippen molar-refractivity contribution in [2.45, 2.75) is 59.8 Å². The van der Waals surface area contributed by atoms with Gasteiger partial charge in [0.2, 0.25) is 0 Å². The fourth-order valence-corrected chi connectivity index (χ4v) is 4.99. The summed E-state index contributed by atoms with van der Waals surface area (Å²) in [4.78, 5) is 18.6. The van der Waals surface area contributed by atoms with Crippen molar-refractivity contribution in [3.05, 3.63) is 111 Å². The quantitative estimate of drug-likeness (QED) is 0.300. The molecule has 8 heteroatoms. The van der Waals surface area contributed by atoms with Crippen molar-refractivity contribution in [2.75, 3.05) is 0 Å².